The molecular weight excluding hydrogens is 312 g/mol. The third-order valence-corrected chi connectivity index (χ3v) is 4.95. The first-order valence-corrected chi connectivity index (χ1v) is 8.93. The lowest BCUT2D eigenvalue weighted by molar-refractivity contribution is 0.139. The minimum absolute atomic E-state index is 0.0760. The number of rotatable bonds is 4. The molecular formula is C21H24N2O2. The van der Waals surface area contributed by atoms with Gasteiger partial charge in [-0.3, -0.25) is 4.98 Å². The molecule has 0 radical (unpaired) electrons. The van der Waals surface area contributed by atoms with Gasteiger partial charge >= 0.3 is 0 Å². The summed E-state index contributed by atoms with van der Waals surface area (Å²) in [7, 11) is 1.74. The van der Waals surface area contributed by atoms with Gasteiger partial charge in [-0.2, -0.15) is 0 Å². The predicted molar refractivity (Wildman–Crippen MR) is 99.7 cm³/mol. The van der Waals surface area contributed by atoms with Crippen LogP contribution >= 0.6 is 0 Å². The van der Waals surface area contributed by atoms with Crippen molar-refractivity contribution in [2.45, 2.75) is 38.0 Å². The molecule has 0 amide bonds. The van der Waals surface area contributed by atoms with Gasteiger partial charge in [0.1, 0.15) is 11.9 Å². The van der Waals surface area contributed by atoms with Crippen LogP contribution in [0.1, 0.15) is 24.6 Å². The zero-order valence-corrected chi connectivity index (χ0v) is 14.7. The highest BCUT2D eigenvalue weighted by atomic mass is 16.5. The van der Waals surface area contributed by atoms with Crippen molar-refractivity contribution >= 4 is 6.08 Å². The van der Waals surface area contributed by atoms with Crippen molar-refractivity contribution in [2.75, 3.05) is 13.7 Å². The van der Waals surface area contributed by atoms with E-state index in [0.29, 0.717) is 6.04 Å². The first-order chi connectivity index (χ1) is 12.2. The molecule has 1 aliphatic heterocycles. The van der Waals surface area contributed by atoms with Gasteiger partial charge < -0.3 is 14.8 Å². The Morgan fingerprint density at radius 2 is 2.04 bits per heavy atom. The van der Waals surface area contributed by atoms with Crippen molar-refractivity contribution in [3.05, 3.63) is 53.7 Å². The number of ether oxygens (including phenoxy) is 2. The van der Waals surface area contributed by atoms with E-state index < -0.39 is 0 Å². The third kappa shape index (κ3) is 3.46. The highest BCUT2D eigenvalue weighted by Crippen LogP contribution is 2.33. The minimum Gasteiger partial charge on any atom is -0.488 e. The minimum atomic E-state index is 0.0760. The second-order valence-corrected chi connectivity index (χ2v) is 6.85. The van der Waals surface area contributed by atoms with Gasteiger partial charge in [0.05, 0.1) is 17.5 Å². The zero-order chi connectivity index (χ0) is 17.2. The molecule has 3 atom stereocenters. The van der Waals surface area contributed by atoms with E-state index in [1.54, 1.807) is 7.11 Å². The van der Waals surface area contributed by atoms with Crippen LogP contribution in [0.4, 0.5) is 0 Å². The van der Waals surface area contributed by atoms with Crippen LogP contribution in [0.3, 0.4) is 0 Å². The van der Waals surface area contributed by atoms with E-state index >= 15 is 0 Å². The van der Waals surface area contributed by atoms with Gasteiger partial charge in [-0.15, -0.1) is 0 Å². The molecule has 1 saturated heterocycles. The summed E-state index contributed by atoms with van der Waals surface area (Å²) in [6, 6.07) is 12.9. The summed E-state index contributed by atoms with van der Waals surface area (Å²) in [5, 5.41) is 3.45. The van der Waals surface area contributed by atoms with E-state index in [-0.39, 0.29) is 12.2 Å². The van der Waals surface area contributed by atoms with Gasteiger partial charge in [0.2, 0.25) is 0 Å². The molecule has 4 rings (SSSR count). The second-order valence-electron chi connectivity index (χ2n) is 6.85. The monoisotopic (exact) mass is 336 g/mol. The standard InChI is InChI=1S/C21H24N2O2/c1-14-10-17(13-22-14)25-21-12-19(15-6-4-3-5-7-15)23-20-11-16(24-2)8-9-18(20)21/h3-9,12,14,16-17,22H,10-11,13H2,1-2H3/t14-,16?,17-/m1/s1. The highest BCUT2D eigenvalue weighted by molar-refractivity contribution is 5.69. The molecule has 0 saturated carbocycles. The summed E-state index contributed by atoms with van der Waals surface area (Å²) in [6.45, 7) is 3.09. The maximum absolute atomic E-state index is 6.38. The van der Waals surface area contributed by atoms with Crippen molar-refractivity contribution in [3.63, 3.8) is 0 Å². The van der Waals surface area contributed by atoms with Crippen molar-refractivity contribution in [3.8, 4) is 17.0 Å². The fourth-order valence-corrected chi connectivity index (χ4v) is 3.56. The number of fused-ring (bicyclic) bond motifs is 1. The maximum atomic E-state index is 6.38. The predicted octanol–water partition coefficient (Wildman–Crippen LogP) is 3.46. The summed E-state index contributed by atoms with van der Waals surface area (Å²) < 4.78 is 11.9. The second kappa shape index (κ2) is 6.98. The van der Waals surface area contributed by atoms with Crippen LogP contribution < -0.4 is 10.1 Å². The number of hydrogen-bond acceptors (Lipinski definition) is 4. The number of pyridine rings is 1. The molecule has 0 spiro atoms. The molecule has 1 fully saturated rings. The lowest BCUT2D eigenvalue weighted by Gasteiger charge is -2.23. The Morgan fingerprint density at radius 3 is 2.76 bits per heavy atom. The van der Waals surface area contributed by atoms with Crippen LogP contribution in [0.15, 0.2) is 42.5 Å². The average Bonchev–Trinajstić information content (AvgIpc) is 3.06. The Kier molecular flexibility index (Phi) is 4.55. The number of benzene rings is 1. The van der Waals surface area contributed by atoms with Crippen molar-refractivity contribution in [1.29, 1.82) is 0 Å². The largest absolute Gasteiger partial charge is 0.488 e. The summed E-state index contributed by atoms with van der Waals surface area (Å²) in [5.41, 5.74) is 4.20. The van der Waals surface area contributed by atoms with E-state index in [4.69, 9.17) is 14.5 Å². The van der Waals surface area contributed by atoms with Gasteiger partial charge in [-0.25, -0.2) is 0 Å². The van der Waals surface area contributed by atoms with Gasteiger partial charge in [0, 0.05) is 49.7 Å². The van der Waals surface area contributed by atoms with E-state index in [2.05, 4.69) is 42.6 Å². The van der Waals surface area contributed by atoms with Crippen LogP contribution in [-0.2, 0) is 11.2 Å². The number of methoxy groups -OCH3 is 1. The molecule has 130 valence electrons. The van der Waals surface area contributed by atoms with Crippen molar-refractivity contribution in [2.24, 2.45) is 0 Å². The first-order valence-electron chi connectivity index (χ1n) is 8.93. The maximum Gasteiger partial charge on any atom is 0.131 e. The molecule has 1 N–H and O–H groups in total. The van der Waals surface area contributed by atoms with E-state index in [1.807, 2.05) is 18.2 Å². The van der Waals surface area contributed by atoms with Gasteiger partial charge in [0.25, 0.3) is 0 Å². The SMILES string of the molecule is COC1C=Cc2c(O[C@H]3CN[C@H](C)C3)cc(-c3ccccc3)nc2C1. The van der Waals surface area contributed by atoms with Crippen LogP contribution in [0.2, 0.25) is 0 Å². The molecule has 25 heavy (non-hydrogen) atoms. The quantitative estimate of drug-likeness (QED) is 0.928. The Balaban J connectivity index is 1.73. The summed E-state index contributed by atoms with van der Waals surface area (Å²) >= 11 is 0. The molecule has 1 aromatic heterocycles. The molecule has 1 aliphatic carbocycles. The fourth-order valence-electron chi connectivity index (χ4n) is 3.56. The normalized spacial score (nSPS) is 25.0. The third-order valence-electron chi connectivity index (χ3n) is 4.95. The van der Waals surface area contributed by atoms with Gasteiger partial charge in [-0.1, -0.05) is 42.5 Å². The summed E-state index contributed by atoms with van der Waals surface area (Å²) in [4.78, 5) is 4.91. The molecule has 1 unspecified atom stereocenters. The van der Waals surface area contributed by atoms with Crippen LogP contribution in [0, 0.1) is 0 Å². The smallest absolute Gasteiger partial charge is 0.131 e. The van der Waals surface area contributed by atoms with Crippen molar-refractivity contribution < 1.29 is 9.47 Å². The first kappa shape index (κ1) is 16.3. The molecule has 4 heteroatoms. The fraction of sp³-hybridized carbons (Fsp3) is 0.381. The van der Waals surface area contributed by atoms with Crippen LogP contribution in [-0.4, -0.2) is 36.9 Å². The van der Waals surface area contributed by atoms with E-state index in [1.165, 1.54) is 0 Å². The lowest BCUT2D eigenvalue weighted by atomic mass is 9.98. The lowest BCUT2D eigenvalue weighted by Crippen LogP contribution is -2.22. The molecule has 2 aliphatic rings. The van der Waals surface area contributed by atoms with E-state index in [9.17, 15) is 0 Å². The average molecular weight is 336 g/mol. The van der Waals surface area contributed by atoms with Gasteiger partial charge in [-0.05, 0) is 6.92 Å². The molecule has 2 aromatic rings. The molecule has 0 bridgehead atoms. The van der Waals surface area contributed by atoms with Gasteiger partial charge in [0.15, 0.2) is 0 Å². The summed E-state index contributed by atoms with van der Waals surface area (Å²) in [5.74, 6) is 0.926. The number of aromatic nitrogens is 1. The van der Waals surface area contributed by atoms with Crippen LogP contribution in [0.25, 0.3) is 17.3 Å². The Hall–Kier alpha value is -2.17. The zero-order valence-electron chi connectivity index (χ0n) is 14.7. The molecule has 1 aromatic carbocycles. The summed E-state index contributed by atoms with van der Waals surface area (Å²) in [6.07, 6.45) is 6.27. The van der Waals surface area contributed by atoms with Crippen LogP contribution in [0.5, 0.6) is 5.75 Å². The number of nitrogens with zero attached hydrogens (tertiary/aromatic N) is 1. The number of hydrogen-bond donors (Lipinski definition) is 1. The Labute approximate surface area is 148 Å². The van der Waals surface area contributed by atoms with Crippen molar-refractivity contribution in [1.82, 2.24) is 10.3 Å². The highest BCUT2D eigenvalue weighted by Gasteiger charge is 2.25. The molecule has 4 nitrogen and oxygen atoms in total. The number of nitrogens with one attached hydrogen (secondary N) is 1. The topological polar surface area (TPSA) is 43.4 Å². The molecule has 2 heterocycles. The Morgan fingerprint density at radius 1 is 1.20 bits per heavy atom. The van der Waals surface area contributed by atoms with E-state index in [0.717, 1.165) is 47.7 Å². The Bertz CT molecular complexity index is 773.